The van der Waals surface area contributed by atoms with Crippen LogP contribution < -0.4 is 9.47 Å². The Hall–Kier alpha value is -2.88. The molecule has 41 heavy (non-hydrogen) atoms. The lowest BCUT2D eigenvalue weighted by Gasteiger charge is -2.38. The zero-order valence-electron chi connectivity index (χ0n) is 22.8. The summed E-state index contributed by atoms with van der Waals surface area (Å²) in [6, 6.07) is 14.2. The number of nitrogens with zero attached hydrogens (tertiary/aromatic N) is 3. The van der Waals surface area contributed by atoms with E-state index in [1.165, 1.54) is 5.57 Å². The van der Waals surface area contributed by atoms with Gasteiger partial charge in [0, 0.05) is 47.9 Å². The topological polar surface area (TPSA) is 94.8 Å². The summed E-state index contributed by atoms with van der Waals surface area (Å²) in [4.78, 5) is 22.4. The van der Waals surface area contributed by atoms with E-state index in [0.29, 0.717) is 37.0 Å². The Labute approximate surface area is 250 Å². The van der Waals surface area contributed by atoms with Gasteiger partial charge in [0.1, 0.15) is 11.5 Å². The smallest absolute Gasteiger partial charge is 0.416 e. The summed E-state index contributed by atoms with van der Waals surface area (Å²) in [5.41, 5.74) is 3.12. The van der Waals surface area contributed by atoms with Gasteiger partial charge >= 0.3 is 6.09 Å². The number of fused-ring (bicyclic) bond motifs is 3. The second kappa shape index (κ2) is 13.9. The zero-order chi connectivity index (χ0) is 28.8. The van der Waals surface area contributed by atoms with E-state index in [2.05, 4.69) is 0 Å². The largest absolute Gasteiger partial charge is 0.494 e. The highest BCUT2D eigenvalue weighted by atomic mass is 35.5. The molecule has 2 aromatic carbocycles. The molecule has 0 radical (unpaired) electrons. The summed E-state index contributed by atoms with van der Waals surface area (Å²) in [5, 5.41) is 19.7. The summed E-state index contributed by atoms with van der Waals surface area (Å²) in [5.74, 6) is 1.29. The Morgan fingerprint density at radius 3 is 2.41 bits per heavy atom. The SMILES string of the molecule is O=C(Oc1ccc(Cl)cc1)N1CCC2C3=CC(Cl)=CCC3N=C2C1c1ccc(OCCCN(CCO)CCO)cc1. The number of rotatable bonds is 11. The molecule has 1 aliphatic carbocycles. The van der Waals surface area contributed by atoms with Crippen LogP contribution in [-0.4, -0.2) is 83.9 Å². The minimum atomic E-state index is -0.436. The van der Waals surface area contributed by atoms with Crippen LogP contribution in [0.5, 0.6) is 11.5 Å². The zero-order valence-corrected chi connectivity index (χ0v) is 24.3. The monoisotopic (exact) mass is 599 g/mol. The Morgan fingerprint density at radius 2 is 1.71 bits per heavy atom. The number of aliphatic hydroxyl groups is 2. The number of benzene rings is 2. The summed E-state index contributed by atoms with van der Waals surface area (Å²) in [6.45, 7) is 2.92. The normalized spacial score (nSPS) is 21.5. The number of aliphatic hydroxyl groups excluding tert-OH is 2. The summed E-state index contributed by atoms with van der Waals surface area (Å²) >= 11 is 12.4. The number of hydrogen-bond donors (Lipinski definition) is 2. The number of ether oxygens (including phenoxy) is 2. The first-order chi connectivity index (χ1) is 20.0. The molecular formula is C31H35Cl2N3O5. The summed E-state index contributed by atoms with van der Waals surface area (Å²) < 4.78 is 11.7. The lowest BCUT2D eigenvalue weighted by molar-refractivity contribution is 0.136. The molecule has 0 spiro atoms. The van der Waals surface area contributed by atoms with Gasteiger partial charge in [-0.2, -0.15) is 0 Å². The van der Waals surface area contributed by atoms with Crippen molar-refractivity contribution in [3.63, 3.8) is 0 Å². The van der Waals surface area contributed by atoms with Gasteiger partial charge in [0.2, 0.25) is 0 Å². The van der Waals surface area contributed by atoms with Gasteiger partial charge in [0.05, 0.1) is 31.9 Å². The van der Waals surface area contributed by atoms with Crippen LogP contribution in [0.15, 0.2) is 76.3 Å². The number of halogens is 2. The fourth-order valence-electron chi connectivity index (χ4n) is 5.76. The van der Waals surface area contributed by atoms with Crippen molar-refractivity contribution in [2.45, 2.75) is 31.3 Å². The van der Waals surface area contributed by atoms with Gasteiger partial charge in [-0.25, -0.2) is 4.79 Å². The van der Waals surface area contributed by atoms with Crippen molar-refractivity contribution in [3.05, 3.63) is 81.9 Å². The number of aliphatic imine (C=N–C) groups is 1. The van der Waals surface area contributed by atoms with E-state index in [9.17, 15) is 15.0 Å². The second-order valence-electron chi connectivity index (χ2n) is 10.4. The van der Waals surface area contributed by atoms with Crippen molar-refractivity contribution < 1.29 is 24.5 Å². The molecule has 2 aliphatic heterocycles. The first kappa shape index (κ1) is 29.6. The number of carbonyl (C=O) groups excluding carboxylic acids is 1. The minimum absolute atomic E-state index is 0.0473. The molecule has 10 heteroatoms. The Kier molecular flexibility index (Phi) is 10.0. The quantitative estimate of drug-likeness (QED) is 0.343. The van der Waals surface area contributed by atoms with Crippen molar-refractivity contribution in [3.8, 4) is 11.5 Å². The molecule has 0 aromatic heterocycles. The van der Waals surface area contributed by atoms with Gasteiger partial charge in [-0.15, -0.1) is 0 Å². The average molecular weight is 601 g/mol. The van der Waals surface area contributed by atoms with Crippen molar-refractivity contribution in [1.29, 1.82) is 0 Å². The standard InChI is InChI=1S/C31H35Cl2N3O5/c32-22-4-9-25(10-5-22)41-31(39)36-14-12-26-27-20-23(33)6-11-28(27)34-29(26)30(36)21-2-7-24(8-3-21)40-19-1-13-35(15-17-37)16-18-38/h2-10,20,26,28,30,37-38H,1,11-19H2. The van der Waals surface area contributed by atoms with Crippen molar-refractivity contribution in [1.82, 2.24) is 9.80 Å². The molecule has 0 saturated carbocycles. The first-order valence-electron chi connectivity index (χ1n) is 14.0. The predicted octanol–water partition coefficient (Wildman–Crippen LogP) is 5.23. The van der Waals surface area contributed by atoms with Gasteiger partial charge in [-0.1, -0.05) is 41.4 Å². The molecule has 218 valence electrons. The highest BCUT2D eigenvalue weighted by Crippen LogP contribution is 2.44. The Morgan fingerprint density at radius 1 is 1.00 bits per heavy atom. The maximum absolute atomic E-state index is 13.5. The molecule has 3 aliphatic rings. The third-order valence-corrected chi connectivity index (χ3v) is 8.22. The third-order valence-electron chi connectivity index (χ3n) is 7.71. The van der Waals surface area contributed by atoms with E-state index in [0.717, 1.165) is 47.9 Å². The summed E-state index contributed by atoms with van der Waals surface area (Å²) in [7, 11) is 0. The molecule has 2 aromatic rings. The highest BCUT2D eigenvalue weighted by Gasteiger charge is 2.45. The van der Waals surface area contributed by atoms with Crippen LogP contribution in [0.3, 0.4) is 0 Å². The molecule has 3 atom stereocenters. The molecule has 1 fully saturated rings. The number of carbonyl (C=O) groups is 1. The molecule has 0 bridgehead atoms. The molecule has 1 saturated heterocycles. The maximum Gasteiger partial charge on any atom is 0.416 e. The van der Waals surface area contributed by atoms with Crippen LogP contribution in [0.25, 0.3) is 0 Å². The molecule has 3 unspecified atom stereocenters. The van der Waals surface area contributed by atoms with E-state index in [1.54, 1.807) is 29.2 Å². The van der Waals surface area contributed by atoms with Crippen molar-refractivity contribution in [2.75, 3.05) is 46.0 Å². The fraction of sp³-hybridized carbons (Fsp3) is 0.419. The van der Waals surface area contributed by atoms with Crippen LogP contribution in [0.4, 0.5) is 4.79 Å². The molecule has 8 nitrogen and oxygen atoms in total. The molecule has 5 rings (SSSR count). The highest BCUT2D eigenvalue weighted by molar-refractivity contribution is 6.31. The van der Waals surface area contributed by atoms with Gasteiger partial charge in [-0.3, -0.25) is 14.8 Å². The molecule has 2 N–H and O–H groups in total. The second-order valence-corrected chi connectivity index (χ2v) is 11.2. The number of allylic oxidation sites excluding steroid dienone is 2. The Bertz CT molecular complexity index is 1290. The van der Waals surface area contributed by atoms with Crippen LogP contribution >= 0.6 is 23.2 Å². The number of hydrogen-bond acceptors (Lipinski definition) is 7. The number of amides is 1. The van der Waals surface area contributed by atoms with Crippen LogP contribution in [0.2, 0.25) is 5.02 Å². The minimum Gasteiger partial charge on any atom is -0.494 e. The van der Waals surface area contributed by atoms with Crippen LogP contribution in [-0.2, 0) is 0 Å². The van der Waals surface area contributed by atoms with E-state index in [-0.39, 0.29) is 31.2 Å². The lowest BCUT2D eigenvalue weighted by atomic mass is 9.80. The van der Waals surface area contributed by atoms with Gasteiger partial charge in [0.25, 0.3) is 0 Å². The number of likely N-dealkylation sites (tertiary alicyclic amines) is 1. The first-order valence-corrected chi connectivity index (χ1v) is 14.8. The van der Waals surface area contributed by atoms with Crippen LogP contribution in [0, 0.1) is 5.92 Å². The van der Waals surface area contributed by atoms with E-state index < -0.39 is 6.09 Å². The van der Waals surface area contributed by atoms with E-state index in [4.69, 9.17) is 37.7 Å². The van der Waals surface area contributed by atoms with Crippen molar-refractivity contribution in [2.24, 2.45) is 10.9 Å². The predicted molar refractivity (Wildman–Crippen MR) is 160 cm³/mol. The molecular weight excluding hydrogens is 565 g/mol. The van der Waals surface area contributed by atoms with Crippen LogP contribution in [0.1, 0.15) is 30.9 Å². The van der Waals surface area contributed by atoms with Gasteiger partial charge in [0.15, 0.2) is 0 Å². The van der Waals surface area contributed by atoms with Gasteiger partial charge in [-0.05, 0) is 72.9 Å². The molecule has 2 heterocycles. The van der Waals surface area contributed by atoms with E-state index in [1.807, 2.05) is 41.3 Å². The maximum atomic E-state index is 13.5. The van der Waals surface area contributed by atoms with Gasteiger partial charge < -0.3 is 19.7 Å². The van der Waals surface area contributed by atoms with Crippen molar-refractivity contribution >= 4 is 35.0 Å². The Balaban J connectivity index is 1.32. The van der Waals surface area contributed by atoms with E-state index >= 15 is 0 Å². The lowest BCUT2D eigenvalue weighted by Crippen LogP contribution is -2.47. The number of piperidine rings is 1. The average Bonchev–Trinajstić information content (AvgIpc) is 3.34. The fourth-order valence-corrected chi connectivity index (χ4v) is 6.10. The molecule has 1 amide bonds. The third kappa shape index (κ3) is 7.13. The summed E-state index contributed by atoms with van der Waals surface area (Å²) in [6.07, 6.45) is 5.87.